The van der Waals surface area contributed by atoms with Gasteiger partial charge in [0.2, 0.25) is 0 Å². The molecule has 1 atom stereocenters. The Morgan fingerprint density at radius 2 is 2.24 bits per heavy atom. The van der Waals surface area contributed by atoms with Crippen molar-refractivity contribution in [2.75, 3.05) is 0 Å². The normalized spacial score (nSPS) is 18.6. The zero-order valence-electron chi connectivity index (χ0n) is 11.6. The zero-order chi connectivity index (χ0) is 15.0. The van der Waals surface area contributed by atoms with E-state index in [1.165, 1.54) is 6.26 Å². The average Bonchev–Trinajstić information content (AvgIpc) is 3.14. The van der Waals surface area contributed by atoms with Crippen LogP contribution in [-0.4, -0.2) is 33.0 Å². The number of carbonyl (C=O) groups is 2. The van der Waals surface area contributed by atoms with Crippen molar-refractivity contribution in [2.45, 2.75) is 26.4 Å². The maximum atomic E-state index is 12.1. The summed E-state index contributed by atoms with van der Waals surface area (Å²) in [6.45, 7) is 3.71. The van der Waals surface area contributed by atoms with Crippen LogP contribution in [0.4, 0.5) is 4.79 Å². The number of amides is 3. The molecule has 0 spiro atoms. The van der Waals surface area contributed by atoms with Crippen LogP contribution in [-0.2, 0) is 11.3 Å². The molecule has 1 fully saturated rings. The number of furan rings is 1. The third-order valence-corrected chi connectivity index (χ3v) is 3.22. The quantitative estimate of drug-likeness (QED) is 0.854. The fourth-order valence-corrected chi connectivity index (χ4v) is 2.10. The SMILES string of the molecule is CC(C)[C@@H]1NC(=O)N(Cc2noc(-c3ccco3)n2)C1=O. The van der Waals surface area contributed by atoms with Gasteiger partial charge in [-0.25, -0.2) is 4.79 Å². The van der Waals surface area contributed by atoms with Crippen molar-refractivity contribution in [2.24, 2.45) is 5.92 Å². The second-order valence-electron chi connectivity index (χ2n) is 5.09. The van der Waals surface area contributed by atoms with Crippen molar-refractivity contribution in [1.82, 2.24) is 20.4 Å². The Bertz CT molecular complexity index is 662. The van der Waals surface area contributed by atoms with Gasteiger partial charge in [-0.05, 0) is 18.1 Å². The molecule has 1 N–H and O–H groups in total. The molecule has 3 rings (SSSR count). The van der Waals surface area contributed by atoms with Gasteiger partial charge in [0.25, 0.3) is 11.8 Å². The van der Waals surface area contributed by atoms with Gasteiger partial charge in [-0.1, -0.05) is 19.0 Å². The summed E-state index contributed by atoms with van der Waals surface area (Å²) in [4.78, 5) is 29.2. The van der Waals surface area contributed by atoms with Gasteiger partial charge in [-0.2, -0.15) is 4.98 Å². The number of nitrogens with zero attached hydrogens (tertiary/aromatic N) is 3. The standard InChI is InChI=1S/C13H14N4O4/c1-7(2)10-12(18)17(13(19)15-10)6-9-14-11(21-16-9)8-4-3-5-20-8/h3-5,7,10H,6H2,1-2H3,(H,15,19)/t10-/m0/s1. The van der Waals surface area contributed by atoms with Crippen LogP contribution < -0.4 is 5.32 Å². The largest absolute Gasteiger partial charge is 0.459 e. The molecule has 1 saturated heterocycles. The number of nitrogens with one attached hydrogen (secondary N) is 1. The van der Waals surface area contributed by atoms with Crippen LogP contribution in [0.3, 0.4) is 0 Å². The van der Waals surface area contributed by atoms with E-state index >= 15 is 0 Å². The highest BCUT2D eigenvalue weighted by atomic mass is 16.5. The average molecular weight is 290 g/mol. The number of urea groups is 1. The van der Waals surface area contributed by atoms with E-state index in [-0.39, 0.29) is 30.1 Å². The highest BCUT2D eigenvalue weighted by Gasteiger charge is 2.40. The summed E-state index contributed by atoms with van der Waals surface area (Å²) in [5, 5.41) is 6.39. The lowest BCUT2D eigenvalue weighted by Gasteiger charge is -2.12. The van der Waals surface area contributed by atoms with Crippen LogP contribution >= 0.6 is 0 Å². The van der Waals surface area contributed by atoms with E-state index in [0.717, 1.165) is 4.90 Å². The zero-order valence-corrected chi connectivity index (χ0v) is 11.6. The molecule has 3 heterocycles. The molecular weight excluding hydrogens is 276 g/mol. The Labute approximate surface area is 120 Å². The van der Waals surface area contributed by atoms with E-state index in [9.17, 15) is 9.59 Å². The molecular formula is C13H14N4O4. The monoisotopic (exact) mass is 290 g/mol. The van der Waals surface area contributed by atoms with Crippen LogP contribution in [0.5, 0.6) is 0 Å². The lowest BCUT2D eigenvalue weighted by molar-refractivity contribution is -0.128. The second-order valence-corrected chi connectivity index (χ2v) is 5.09. The Morgan fingerprint density at radius 3 is 2.86 bits per heavy atom. The maximum absolute atomic E-state index is 12.1. The lowest BCUT2D eigenvalue weighted by Crippen LogP contribution is -2.34. The summed E-state index contributed by atoms with van der Waals surface area (Å²) < 4.78 is 10.2. The number of hydrogen-bond acceptors (Lipinski definition) is 6. The van der Waals surface area contributed by atoms with Gasteiger partial charge in [-0.3, -0.25) is 9.69 Å². The summed E-state index contributed by atoms with van der Waals surface area (Å²) in [7, 11) is 0. The van der Waals surface area contributed by atoms with Gasteiger partial charge in [0.05, 0.1) is 12.8 Å². The molecule has 1 aliphatic rings. The fraction of sp³-hybridized carbons (Fsp3) is 0.385. The van der Waals surface area contributed by atoms with Gasteiger partial charge in [-0.15, -0.1) is 0 Å². The molecule has 2 aromatic heterocycles. The summed E-state index contributed by atoms with van der Waals surface area (Å²) in [5.74, 6) is 0.637. The number of hydrogen-bond donors (Lipinski definition) is 1. The summed E-state index contributed by atoms with van der Waals surface area (Å²) in [6.07, 6.45) is 1.49. The first-order valence-corrected chi connectivity index (χ1v) is 6.54. The van der Waals surface area contributed by atoms with E-state index < -0.39 is 12.1 Å². The van der Waals surface area contributed by atoms with Crippen molar-refractivity contribution in [3.05, 3.63) is 24.2 Å². The molecule has 2 aromatic rings. The molecule has 3 amide bonds. The Kier molecular flexibility index (Phi) is 3.20. The van der Waals surface area contributed by atoms with Gasteiger partial charge < -0.3 is 14.3 Å². The molecule has 0 unspecified atom stereocenters. The molecule has 1 aliphatic heterocycles. The van der Waals surface area contributed by atoms with Crippen molar-refractivity contribution in [3.63, 3.8) is 0 Å². The third kappa shape index (κ3) is 2.39. The molecule has 0 saturated carbocycles. The van der Waals surface area contributed by atoms with Crippen molar-refractivity contribution >= 4 is 11.9 Å². The summed E-state index contributed by atoms with van der Waals surface area (Å²) in [6, 6.07) is 2.43. The van der Waals surface area contributed by atoms with Crippen LogP contribution in [0.15, 0.2) is 27.3 Å². The third-order valence-electron chi connectivity index (χ3n) is 3.22. The van der Waals surface area contributed by atoms with Crippen molar-refractivity contribution in [3.8, 4) is 11.7 Å². The molecule has 110 valence electrons. The predicted octanol–water partition coefficient (Wildman–Crippen LogP) is 1.41. The summed E-state index contributed by atoms with van der Waals surface area (Å²) >= 11 is 0. The lowest BCUT2D eigenvalue weighted by atomic mass is 10.1. The van der Waals surface area contributed by atoms with Crippen LogP contribution in [0.25, 0.3) is 11.7 Å². The number of imide groups is 1. The Morgan fingerprint density at radius 1 is 1.43 bits per heavy atom. The smallest absolute Gasteiger partial charge is 0.325 e. The van der Waals surface area contributed by atoms with Crippen LogP contribution in [0, 0.1) is 5.92 Å². The molecule has 0 radical (unpaired) electrons. The molecule has 0 aliphatic carbocycles. The van der Waals surface area contributed by atoms with Gasteiger partial charge >= 0.3 is 6.03 Å². The minimum absolute atomic E-state index is 0.0235. The minimum atomic E-state index is -0.506. The fourth-order valence-electron chi connectivity index (χ4n) is 2.10. The van der Waals surface area contributed by atoms with E-state index in [0.29, 0.717) is 5.76 Å². The first-order chi connectivity index (χ1) is 10.1. The van der Waals surface area contributed by atoms with E-state index in [4.69, 9.17) is 8.94 Å². The molecule has 0 bridgehead atoms. The van der Waals surface area contributed by atoms with Gasteiger partial charge in [0.15, 0.2) is 11.6 Å². The highest BCUT2D eigenvalue weighted by molar-refractivity contribution is 6.04. The van der Waals surface area contributed by atoms with E-state index in [1.807, 2.05) is 13.8 Å². The van der Waals surface area contributed by atoms with Gasteiger partial charge in [0.1, 0.15) is 6.04 Å². The minimum Gasteiger partial charge on any atom is -0.459 e. The van der Waals surface area contributed by atoms with E-state index in [1.54, 1.807) is 12.1 Å². The van der Waals surface area contributed by atoms with Crippen molar-refractivity contribution < 1.29 is 18.5 Å². The first-order valence-electron chi connectivity index (χ1n) is 6.54. The first kappa shape index (κ1) is 13.3. The van der Waals surface area contributed by atoms with Crippen LogP contribution in [0.2, 0.25) is 0 Å². The number of carbonyl (C=O) groups excluding carboxylic acids is 2. The topological polar surface area (TPSA) is 101 Å². The molecule has 8 heteroatoms. The van der Waals surface area contributed by atoms with Gasteiger partial charge in [0, 0.05) is 0 Å². The van der Waals surface area contributed by atoms with Crippen LogP contribution in [0.1, 0.15) is 19.7 Å². The molecule has 8 nitrogen and oxygen atoms in total. The van der Waals surface area contributed by atoms with Crippen molar-refractivity contribution in [1.29, 1.82) is 0 Å². The maximum Gasteiger partial charge on any atom is 0.325 e. The second kappa shape index (κ2) is 5.04. The summed E-state index contributed by atoms with van der Waals surface area (Å²) in [5.41, 5.74) is 0. The number of rotatable bonds is 4. The Hall–Kier alpha value is -2.64. The molecule has 21 heavy (non-hydrogen) atoms. The highest BCUT2D eigenvalue weighted by Crippen LogP contribution is 2.19. The Balaban J connectivity index is 1.75. The molecule has 0 aromatic carbocycles. The number of aromatic nitrogens is 2. The van der Waals surface area contributed by atoms with E-state index in [2.05, 4.69) is 15.5 Å². The predicted molar refractivity (Wildman–Crippen MR) is 69.7 cm³/mol.